The van der Waals surface area contributed by atoms with Gasteiger partial charge in [-0.3, -0.25) is 15.1 Å². The maximum Gasteiger partial charge on any atom is 0.311 e. The second-order valence-electron chi connectivity index (χ2n) is 4.10. The van der Waals surface area contributed by atoms with E-state index in [4.69, 9.17) is 16.3 Å². The lowest BCUT2D eigenvalue weighted by atomic mass is 10.1. The molecule has 0 bridgehead atoms. The third-order valence-corrected chi connectivity index (χ3v) is 2.78. The maximum atomic E-state index is 11.1. The Kier molecular flexibility index (Phi) is 4.16. The fourth-order valence-corrected chi connectivity index (χ4v) is 1.76. The van der Waals surface area contributed by atoms with Crippen molar-refractivity contribution in [1.82, 2.24) is 4.98 Å². The molecule has 20 heavy (non-hydrogen) atoms. The smallest absolute Gasteiger partial charge is 0.311 e. The summed E-state index contributed by atoms with van der Waals surface area (Å²) in [7, 11) is 0. The number of benzene rings is 1. The Labute approximate surface area is 119 Å². The molecule has 0 unspecified atom stereocenters. The second-order valence-corrected chi connectivity index (χ2v) is 4.54. The molecule has 7 heteroatoms. The minimum absolute atomic E-state index is 0.0588. The number of halogens is 1. The van der Waals surface area contributed by atoms with Gasteiger partial charge in [-0.05, 0) is 18.6 Å². The molecule has 1 N–H and O–H groups in total. The summed E-state index contributed by atoms with van der Waals surface area (Å²) < 4.78 is 5.42. The van der Waals surface area contributed by atoms with Gasteiger partial charge in [-0.25, -0.2) is 0 Å². The molecule has 0 amide bonds. The first kappa shape index (κ1) is 14.2. The van der Waals surface area contributed by atoms with Crippen LogP contribution in [-0.4, -0.2) is 15.0 Å². The van der Waals surface area contributed by atoms with E-state index in [0.717, 1.165) is 0 Å². The summed E-state index contributed by atoms with van der Waals surface area (Å²) in [4.78, 5) is 14.3. The van der Waals surface area contributed by atoms with Crippen molar-refractivity contribution >= 4 is 17.3 Å². The molecule has 104 valence electrons. The van der Waals surface area contributed by atoms with Crippen LogP contribution in [0.1, 0.15) is 18.6 Å². The summed E-state index contributed by atoms with van der Waals surface area (Å²) in [5, 5.41) is 20.9. The highest BCUT2D eigenvalue weighted by atomic mass is 35.5. The number of aliphatic hydroxyl groups excluding tert-OH is 1. The average Bonchev–Trinajstić information content (AvgIpc) is 2.38. The van der Waals surface area contributed by atoms with Crippen molar-refractivity contribution in [3.8, 4) is 11.5 Å². The third kappa shape index (κ3) is 3.23. The summed E-state index contributed by atoms with van der Waals surface area (Å²) in [5.41, 5.74) is 0.205. The van der Waals surface area contributed by atoms with E-state index >= 15 is 0 Å². The molecule has 2 aromatic rings. The van der Waals surface area contributed by atoms with Crippen LogP contribution in [0.25, 0.3) is 0 Å². The lowest BCUT2D eigenvalue weighted by Gasteiger charge is -2.09. The van der Waals surface area contributed by atoms with E-state index in [0.29, 0.717) is 16.3 Å². The topological polar surface area (TPSA) is 85.5 Å². The normalized spacial score (nSPS) is 11.9. The summed E-state index contributed by atoms with van der Waals surface area (Å²) in [5.74, 6) is 0.355. The number of nitro benzene ring substituents is 1. The molecule has 0 saturated carbocycles. The van der Waals surface area contributed by atoms with Crippen LogP contribution in [0.2, 0.25) is 5.02 Å². The van der Waals surface area contributed by atoms with Gasteiger partial charge in [0.05, 0.1) is 22.2 Å². The van der Waals surface area contributed by atoms with Crippen LogP contribution in [0.4, 0.5) is 5.69 Å². The predicted octanol–water partition coefficient (Wildman–Crippen LogP) is 3.49. The first-order valence-corrected chi connectivity index (χ1v) is 6.10. The number of nitrogens with zero attached hydrogens (tertiary/aromatic N) is 2. The van der Waals surface area contributed by atoms with Gasteiger partial charge in [-0.1, -0.05) is 17.7 Å². The zero-order valence-electron chi connectivity index (χ0n) is 10.5. The Morgan fingerprint density at radius 2 is 2.15 bits per heavy atom. The lowest BCUT2D eigenvalue weighted by molar-refractivity contribution is -0.385. The van der Waals surface area contributed by atoms with E-state index in [1.807, 2.05) is 0 Å². The number of nitro groups is 1. The molecule has 0 aliphatic rings. The number of rotatable bonds is 4. The quantitative estimate of drug-likeness (QED) is 0.689. The molecule has 0 aliphatic carbocycles. The number of hydrogen-bond donors (Lipinski definition) is 1. The average molecular weight is 295 g/mol. The Morgan fingerprint density at radius 3 is 2.75 bits per heavy atom. The fourth-order valence-electron chi connectivity index (χ4n) is 1.60. The van der Waals surface area contributed by atoms with E-state index in [1.54, 1.807) is 6.07 Å². The third-order valence-electron chi connectivity index (χ3n) is 2.57. The molecule has 0 fully saturated rings. The highest BCUT2D eigenvalue weighted by Crippen LogP contribution is 2.33. The molecule has 1 heterocycles. The van der Waals surface area contributed by atoms with Gasteiger partial charge in [0.2, 0.25) is 5.75 Å². The van der Waals surface area contributed by atoms with Crippen LogP contribution in [0.15, 0.2) is 36.7 Å². The zero-order chi connectivity index (χ0) is 14.7. The van der Waals surface area contributed by atoms with E-state index < -0.39 is 11.0 Å². The lowest BCUT2D eigenvalue weighted by Crippen LogP contribution is -1.97. The predicted molar refractivity (Wildman–Crippen MR) is 73.1 cm³/mol. The minimum atomic E-state index is -0.796. The van der Waals surface area contributed by atoms with E-state index in [9.17, 15) is 15.2 Å². The number of aromatic nitrogens is 1. The molecule has 0 aliphatic heterocycles. The van der Waals surface area contributed by atoms with Crippen LogP contribution >= 0.6 is 11.6 Å². The first-order chi connectivity index (χ1) is 9.47. The van der Waals surface area contributed by atoms with Gasteiger partial charge in [-0.2, -0.15) is 0 Å². The van der Waals surface area contributed by atoms with Gasteiger partial charge in [0, 0.05) is 18.3 Å². The van der Waals surface area contributed by atoms with Crippen LogP contribution in [0, 0.1) is 10.1 Å². The zero-order valence-corrected chi connectivity index (χ0v) is 11.2. The van der Waals surface area contributed by atoms with Gasteiger partial charge in [-0.15, -0.1) is 0 Å². The first-order valence-electron chi connectivity index (χ1n) is 5.72. The van der Waals surface area contributed by atoms with Crippen molar-refractivity contribution in [3.63, 3.8) is 0 Å². The van der Waals surface area contributed by atoms with E-state index in [2.05, 4.69) is 4.98 Å². The van der Waals surface area contributed by atoms with Gasteiger partial charge in [0.15, 0.2) is 0 Å². The van der Waals surface area contributed by atoms with Gasteiger partial charge in [0.1, 0.15) is 5.75 Å². The molecule has 2 rings (SSSR count). The Hall–Kier alpha value is -2.18. The minimum Gasteiger partial charge on any atom is -0.448 e. The summed E-state index contributed by atoms with van der Waals surface area (Å²) >= 11 is 5.77. The van der Waals surface area contributed by atoms with Gasteiger partial charge < -0.3 is 9.84 Å². The highest BCUT2D eigenvalue weighted by Gasteiger charge is 2.18. The molecule has 0 spiro atoms. The molecule has 1 aromatic carbocycles. The molecule has 6 nitrogen and oxygen atoms in total. The van der Waals surface area contributed by atoms with Gasteiger partial charge in [0.25, 0.3) is 0 Å². The highest BCUT2D eigenvalue weighted by molar-refractivity contribution is 6.30. The molecule has 1 atom stereocenters. The van der Waals surface area contributed by atoms with Crippen molar-refractivity contribution in [2.45, 2.75) is 13.0 Å². The molecule has 1 aromatic heterocycles. The van der Waals surface area contributed by atoms with Gasteiger partial charge >= 0.3 is 5.69 Å². The number of hydrogen-bond acceptors (Lipinski definition) is 5. The monoisotopic (exact) mass is 294 g/mol. The largest absolute Gasteiger partial charge is 0.448 e. The van der Waals surface area contributed by atoms with Crippen LogP contribution < -0.4 is 4.74 Å². The molecule has 0 radical (unpaired) electrons. The number of pyridine rings is 1. The number of aliphatic hydroxyl groups is 1. The summed E-state index contributed by atoms with van der Waals surface area (Å²) in [6.07, 6.45) is 2.04. The Morgan fingerprint density at radius 1 is 1.40 bits per heavy atom. The summed E-state index contributed by atoms with van der Waals surface area (Å²) in [6.45, 7) is 1.53. The number of ether oxygens (including phenoxy) is 1. The van der Waals surface area contributed by atoms with Crippen LogP contribution in [-0.2, 0) is 0 Å². The molecular formula is C13H11ClN2O4. The second kappa shape index (κ2) is 5.85. The van der Waals surface area contributed by atoms with E-state index in [1.165, 1.54) is 37.5 Å². The Balaban J connectivity index is 2.38. The summed E-state index contributed by atoms with van der Waals surface area (Å²) in [6, 6.07) is 5.77. The SMILES string of the molecule is C[C@H](O)c1ccc(Oc2cncc(Cl)c2)c([N+](=O)[O-])c1. The van der Waals surface area contributed by atoms with Crippen molar-refractivity contribution < 1.29 is 14.8 Å². The Bertz CT molecular complexity index is 646. The van der Waals surface area contributed by atoms with Crippen LogP contribution in [0.3, 0.4) is 0 Å². The molecular weight excluding hydrogens is 284 g/mol. The fraction of sp³-hybridized carbons (Fsp3) is 0.154. The van der Waals surface area contributed by atoms with Crippen molar-refractivity contribution in [2.75, 3.05) is 0 Å². The van der Waals surface area contributed by atoms with Crippen LogP contribution in [0.5, 0.6) is 11.5 Å². The standard InChI is InChI=1S/C13H11ClN2O4/c1-8(17)9-2-3-13(12(4-9)16(18)19)20-11-5-10(14)6-15-7-11/h2-8,17H,1H3/t8-/m0/s1. The van der Waals surface area contributed by atoms with Crippen molar-refractivity contribution in [1.29, 1.82) is 0 Å². The van der Waals surface area contributed by atoms with E-state index in [-0.39, 0.29) is 11.4 Å². The van der Waals surface area contributed by atoms with Crippen molar-refractivity contribution in [3.05, 3.63) is 57.4 Å². The van der Waals surface area contributed by atoms with Crippen molar-refractivity contribution in [2.24, 2.45) is 0 Å². The maximum absolute atomic E-state index is 11.1. The molecule has 0 saturated heterocycles.